The number of hydrogen-bond acceptors (Lipinski definition) is 10. The highest BCUT2D eigenvalue weighted by Gasteiger charge is 2.34. The van der Waals surface area contributed by atoms with Crippen LogP contribution >= 0.6 is 23.2 Å². The number of nitrogen functional groups attached to an aromatic ring is 2. The van der Waals surface area contributed by atoms with E-state index in [2.05, 4.69) is 41.9 Å². The largest absolute Gasteiger partial charge is 0.392 e. The summed E-state index contributed by atoms with van der Waals surface area (Å²) in [5.74, 6) is 0.504. The van der Waals surface area contributed by atoms with Crippen molar-refractivity contribution in [3.05, 3.63) is 33.7 Å². The Morgan fingerprint density at radius 1 is 1.13 bits per heavy atom. The fraction of sp³-hybridized carbons (Fsp3) is 0.600. The lowest BCUT2D eigenvalue weighted by Crippen LogP contribution is -2.58. The summed E-state index contributed by atoms with van der Waals surface area (Å²) < 4.78 is 0. The number of piperazine rings is 1. The molecule has 2 fully saturated rings. The molecule has 11 nitrogen and oxygen atoms in total. The first-order chi connectivity index (χ1) is 18.2. The maximum atomic E-state index is 12.4. The number of rotatable bonds is 8. The quantitative estimate of drug-likeness (QED) is 0.350. The third-order valence-electron chi connectivity index (χ3n) is 7.33. The highest BCUT2D eigenvalue weighted by molar-refractivity contribution is 6.32. The number of nitrogens with one attached hydrogen (secondary N) is 1. The van der Waals surface area contributed by atoms with Crippen LogP contribution in [0.1, 0.15) is 49.2 Å². The van der Waals surface area contributed by atoms with Crippen molar-refractivity contribution in [2.45, 2.75) is 57.8 Å². The summed E-state index contributed by atoms with van der Waals surface area (Å²) in [5.41, 5.74) is 13.1. The molecule has 38 heavy (non-hydrogen) atoms. The number of piperidine rings is 1. The van der Waals surface area contributed by atoms with Crippen molar-refractivity contribution in [1.29, 1.82) is 0 Å². The van der Waals surface area contributed by atoms with Gasteiger partial charge < -0.3 is 26.8 Å². The fourth-order valence-electron chi connectivity index (χ4n) is 5.28. The first-order valence-corrected chi connectivity index (χ1v) is 13.8. The van der Waals surface area contributed by atoms with E-state index in [1.807, 2.05) is 6.07 Å². The van der Waals surface area contributed by atoms with Crippen molar-refractivity contribution in [2.24, 2.45) is 0 Å². The van der Waals surface area contributed by atoms with E-state index in [1.165, 1.54) is 0 Å². The molecule has 4 rings (SSSR count). The van der Waals surface area contributed by atoms with Crippen molar-refractivity contribution in [1.82, 2.24) is 30.1 Å². The van der Waals surface area contributed by atoms with Crippen LogP contribution in [0.15, 0.2) is 12.1 Å². The number of aliphatic hydroxyl groups excluding tert-OH is 1. The van der Waals surface area contributed by atoms with Crippen LogP contribution in [0.3, 0.4) is 0 Å². The highest BCUT2D eigenvalue weighted by atomic mass is 35.5. The predicted octanol–water partition coefficient (Wildman–Crippen LogP) is 2.02. The maximum Gasteiger partial charge on any atom is 0.273 e. The Morgan fingerprint density at radius 3 is 2.53 bits per heavy atom. The third-order valence-corrected chi connectivity index (χ3v) is 7.80. The number of pyridine rings is 1. The van der Waals surface area contributed by atoms with E-state index in [4.69, 9.17) is 34.7 Å². The first-order valence-electron chi connectivity index (χ1n) is 13.1. The number of carbonyl (C=O) groups excluding carboxylic acids is 1. The molecule has 0 radical (unpaired) electrons. The molecule has 0 aliphatic carbocycles. The molecule has 2 saturated heterocycles. The van der Waals surface area contributed by atoms with Crippen LogP contribution in [-0.2, 0) is 6.54 Å². The average molecular weight is 567 g/mol. The van der Waals surface area contributed by atoms with Crippen molar-refractivity contribution >= 4 is 46.6 Å². The maximum absolute atomic E-state index is 12.4. The molecule has 0 spiro atoms. The molecule has 4 heterocycles. The van der Waals surface area contributed by atoms with Crippen molar-refractivity contribution in [2.75, 3.05) is 55.6 Å². The average Bonchev–Trinajstić information content (AvgIpc) is 2.90. The number of nitrogens with two attached hydrogens (primary N) is 2. The molecular formula is C25H37Cl2N9O2. The van der Waals surface area contributed by atoms with Crippen LogP contribution in [0.5, 0.6) is 0 Å². The molecule has 208 valence electrons. The molecule has 2 atom stereocenters. The number of hydrogen-bond donors (Lipinski definition) is 4. The second kappa shape index (κ2) is 12.6. The van der Waals surface area contributed by atoms with E-state index in [9.17, 15) is 9.90 Å². The van der Waals surface area contributed by atoms with E-state index < -0.39 is 12.0 Å². The molecule has 2 aromatic rings. The fourth-order valence-corrected chi connectivity index (χ4v) is 5.68. The summed E-state index contributed by atoms with van der Waals surface area (Å²) in [6.45, 7) is 9.01. The Balaban J connectivity index is 1.35. The molecule has 2 aliphatic rings. The monoisotopic (exact) mass is 565 g/mol. The normalized spacial score (nSPS) is 20.4. The van der Waals surface area contributed by atoms with E-state index in [-0.39, 0.29) is 23.2 Å². The zero-order valence-corrected chi connectivity index (χ0v) is 23.4. The van der Waals surface area contributed by atoms with Crippen LogP contribution in [0.2, 0.25) is 10.3 Å². The molecule has 2 aliphatic heterocycles. The zero-order chi connectivity index (χ0) is 27.4. The molecule has 0 bridgehead atoms. The SMILES string of the molecule is CC[C@H]1CN(c2nc(N)c(C(=O)NCC(C)O)nc2Cl)CCN1C1CCN(Cc2ccc(Cl)nc2N)CC1. The third kappa shape index (κ3) is 6.76. The number of anilines is 3. The number of halogens is 2. The highest BCUT2D eigenvalue weighted by Crippen LogP contribution is 2.30. The molecule has 0 saturated carbocycles. The lowest BCUT2D eigenvalue weighted by atomic mass is 9.98. The van der Waals surface area contributed by atoms with Gasteiger partial charge >= 0.3 is 0 Å². The minimum atomic E-state index is -0.683. The number of carbonyl (C=O) groups is 1. The second-order valence-electron chi connectivity index (χ2n) is 10.1. The number of aliphatic hydroxyl groups is 1. The number of aromatic nitrogens is 3. The summed E-state index contributed by atoms with van der Waals surface area (Å²) in [7, 11) is 0. The topological polar surface area (TPSA) is 150 Å². The van der Waals surface area contributed by atoms with Gasteiger partial charge in [0.25, 0.3) is 5.91 Å². The zero-order valence-electron chi connectivity index (χ0n) is 21.9. The van der Waals surface area contributed by atoms with Gasteiger partial charge in [-0.2, -0.15) is 0 Å². The van der Waals surface area contributed by atoms with Gasteiger partial charge in [-0.05, 0) is 45.3 Å². The van der Waals surface area contributed by atoms with Gasteiger partial charge in [0.1, 0.15) is 11.0 Å². The molecule has 2 aromatic heterocycles. The van der Waals surface area contributed by atoms with Gasteiger partial charge in [-0.15, -0.1) is 0 Å². The van der Waals surface area contributed by atoms with Crippen molar-refractivity contribution in [3.63, 3.8) is 0 Å². The van der Waals surface area contributed by atoms with Crippen molar-refractivity contribution < 1.29 is 9.90 Å². The van der Waals surface area contributed by atoms with E-state index in [0.29, 0.717) is 28.9 Å². The van der Waals surface area contributed by atoms with E-state index in [1.54, 1.807) is 13.0 Å². The molecule has 1 amide bonds. The van der Waals surface area contributed by atoms with Crippen LogP contribution < -0.4 is 21.7 Å². The predicted molar refractivity (Wildman–Crippen MR) is 150 cm³/mol. The molecule has 6 N–H and O–H groups in total. The smallest absolute Gasteiger partial charge is 0.273 e. The molecular weight excluding hydrogens is 529 g/mol. The van der Waals surface area contributed by atoms with Crippen LogP contribution in [0.25, 0.3) is 0 Å². The Kier molecular flexibility index (Phi) is 9.48. The summed E-state index contributed by atoms with van der Waals surface area (Å²) in [4.78, 5) is 32.4. The van der Waals surface area contributed by atoms with Gasteiger partial charge in [0.15, 0.2) is 22.5 Å². The minimum Gasteiger partial charge on any atom is -0.392 e. The lowest BCUT2D eigenvalue weighted by Gasteiger charge is -2.47. The van der Waals surface area contributed by atoms with Crippen LogP contribution in [0, 0.1) is 0 Å². The van der Waals surface area contributed by atoms with E-state index >= 15 is 0 Å². The van der Waals surface area contributed by atoms with Crippen LogP contribution in [0.4, 0.5) is 17.5 Å². The van der Waals surface area contributed by atoms with Gasteiger partial charge in [-0.25, -0.2) is 15.0 Å². The standard InChI is InChI=1S/C25H37Cl2N9O2/c1-3-17-14-35(24-21(27)32-20(23(29)33-24)25(38)30-12-15(2)37)10-11-36(17)18-6-8-34(9-7-18)13-16-4-5-19(26)31-22(16)28/h4-5,15,17-18,37H,3,6-14H2,1-2H3,(H2,28,31)(H2,29,33)(H,30,38)/t15?,17-/m0/s1. The molecule has 1 unspecified atom stereocenters. The summed E-state index contributed by atoms with van der Waals surface area (Å²) in [5, 5.41) is 12.5. The number of amides is 1. The van der Waals surface area contributed by atoms with Gasteiger partial charge in [0.2, 0.25) is 0 Å². The van der Waals surface area contributed by atoms with Gasteiger partial charge in [0, 0.05) is 50.4 Å². The second-order valence-corrected chi connectivity index (χ2v) is 10.8. The minimum absolute atomic E-state index is 0.0202. The summed E-state index contributed by atoms with van der Waals surface area (Å²) >= 11 is 12.4. The van der Waals surface area contributed by atoms with Crippen molar-refractivity contribution in [3.8, 4) is 0 Å². The van der Waals surface area contributed by atoms with Gasteiger partial charge in [-0.1, -0.05) is 36.2 Å². The van der Waals surface area contributed by atoms with E-state index in [0.717, 1.165) is 64.1 Å². The molecule has 0 aromatic carbocycles. The summed E-state index contributed by atoms with van der Waals surface area (Å²) in [6.07, 6.45) is 2.48. The first kappa shape index (κ1) is 28.6. The Bertz CT molecular complexity index is 1130. The van der Waals surface area contributed by atoms with Gasteiger partial charge in [0.05, 0.1) is 6.10 Å². The lowest BCUT2D eigenvalue weighted by molar-refractivity contribution is 0.0611. The van der Waals surface area contributed by atoms with Crippen LogP contribution in [-0.4, -0.2) is 93.2 Å². The Labute approximate surface area is 233 Å². The molecule has 13 heteroatoms. The number of nitrogens with zero attached hydrogens (tertiary/aromatic N) is 6. The Hall–Kier alpha value is -2.44. The summed E-state index contributed by atoms with van der Waals surface area (Å²) in [6, 6.07) is 4.59. The van der Waals surface area contributed by atoms with Gasteiger partial charge in [-0.3, -0.25) is 14.6 Å². The Morgan fingerprint density at radius 2 is 1.87 bits per heavy atom. The number of likely N-dealkylation sites (tertiary alicyclic amines) is 1.